The SMILES string of the molecule is C=C(Cl)COC(=O)C(C)OC(=O)/C=C(\Cl)C(=O)OC(C)C(=O)OCC(=C)Cl. The molecule has 11 heteroatoms. The van der Waals surface area contributed by atoms with E-state index in [1.165, 1.54) is 13.8 Å². The van der Waals surface area contributed by atoms with E-state index in [9.17, 15) is 19.2 Å². The second kappa shape index (κ2) is 12.4. The molecule has 0 aliphatic carbocycles. The number of ether oxygens (including phenoxy) is 4. The molecule has 0 aliphatic rings. The summed E-state index contributed by atoms with van der Waals surface area (Å²) in [6.45, 7) is 8.59. The third-order valence-corrected chi connectivity index (χ3v) is 2.90. The first-order valence-corrected chi connectivity index (χ1v) is 8.36. The van der Waals surface area contributed by atoms with Crippen LogP contribution in [0.2, 0.25) is 0 Å². The Morgan fingerprint density at radius 3 is 1.67 bits per heavy atom. The van der Waals surface area contributed by atoms with Crippen molar-refractivity contribution in [2.24, 2.45) is 0 Å². The van der Waals surface area contributed by atoms with Crippen LogP contribution in [0.15, 0.2) is 34.3 Å². The lowest BCUT2D eigenvalue weighted by atomic mass is 10.4. The smallest absolute Gasteiger partial charge is 0.350 e. The van der Waals surface area contributed by atoms with Gasteiger partial charge in [0.15, 0.2) is 12.2 Å². The van der Waals surface area contributed by atoms with Gasteiger partial charge in [-0.25, -0.2) is 19.2 Å². The van der Waals surface area contributed by atoms with Gasteiger partial charge in [0, 0.05) is 16.1 Å². The molecular weight excluding hydrogens is 427 g/mol. The van der Waals surface area contributed by atoms with Crippen molar-refractivity contribution in [1.82, 2.24) is 0 Å². The minimum Gasteiger partial charge on any atom is -0.457 e. The number of esters is 4. The Morgan fingerprint density at radius 2 is 1.26 bits per heavy atom. The fraction of sp³-hybridized carbons (Fsp3) is 0.375. The van der Waals surface area contributed by atoms with Crippen molar-refractivity contribution in [3.63, 3.8) is 0 Å². The van der Waals surface area contributed by atoms with Gasteiger partial charge in [-0.3, -0.25) is 0 Å². The molecule has 0 aromatic heterocycles. The minimum atomic E-state index is -1.32. The Kier molecular flexibility index (Phi) is 11.4. The van der Waals surface area contributed by atoms with E-state index in [2.05, 4.69) is 22.6 Å². The summed E-state index contributed by atoms with van der Waals surface area (Å²) >= 11 is 16.5. The topological polar surface area (TPSA) is 105 Å². The van der Waals surface area contributed by atoms with Crippen molar-refractivity contribution >= 4 is 58.7 Å². The van der Waals surface area contributed by atoms with Gasteiger partial charge in [0.05, 0.1) is 0 Å². The van der Waals surface area contributed by atoms with Gasteiger partial charge < -0.3 is 18.9 Å². The highest BCUT2D eigenvalue weighted by molar-refractivity contribution is 6.42. The van der Waals surface area contributed by atoms with Crippen molar-refractivity contribution < 1.29 is 38.1 Å². The molecule has 0 heterocycles. The average molecular weight is 444 g/mol. The number of hydrogen-bond donors (Lipinski definition) is 0. The zero-order valence-corrected chi connectivity index (χ0v) is 16.7. The largest absolute Gasteiger partial charge is 0.457 e. The number of halogens is 3. The van der Waals surface area contributed by atoms with Crippen LogP contribution < -0.4 is 0 Å². The van der Waals surface area contributed by atoms with Crippen LogP contribution in [-0.2, 0) is 38.1 Å². The van der Waals surface area contributed by atoms with Crippen molar-refractivity contribution in [2.45, 2.75) is 26.1 Å². The summed E-state index contributed by atoms with van der Waals surface area (Å²) < 4.78 is 18.8. The predicted molar refractivity (Wildman–Crippen MR) is 96.9 cm³/mol. The normalized spacial score (nSPS) is 13.0. The number of carbonyl (C=O) groups excluding carboxylic acids is 4. The van der Waals surface area contributed by atoms with Crippen molar-refractivity contribution in [1.29, 1.82) is 0 Å². The van der Waals surface area contributed by atoms with Crippen molar-refractivity contribution in [3.8, 4) is 0 Å². The lowest BCUT2D eigenvalue weighted by molar-refractivity contribution is -0.164. The summed E-state index contributed by atoms with van der Waals surface area (Å²) in [6.07, 6.45) is -2.03. The highest BCUT2D eigenvalue weighted by Crippen LogP contribution is 2.10. The van der Waals surface area contributed by atoms with E-state index >= 15 is 0 Å². The summed E-state index contributed by atoms with van der Waals surface area (Å²) in [4.78, 5) is 46.4. The van der Waals surface area contributed by atoms with Crippen LogP contribution in [0.3, 0.4) is 0 Å². The molecule has 0 amide bonds. The summed E-state index contributed by atoms with van der Waals surface area (Å²) in [5.74, 6) is -4.07. The molecule has 0 spiro atoms. The maximum absolute atomic E-state index is 11.7. The Hall–Kier alpha value is -2.03. The van der Waals surface area contributed by atoms with Gasteiger partial charge in [-0.05, 0) is 13.8 Å². The van der Waals surface area contributed by atoms with Crippen LogP contribution in [0.5, 0.6) is 0 Å². The zero-order valence-electron chi connectivity index (χ0n) is 14.5. The van der Waals surface area contributed by atoms with Gasteiger partial charge in [-0.2, -0.15) is 0 Å². The van der Waals surface area contributed by atoms with Crippen LogP contribution in [0, 0.1) is 0 Å². The molecule has 2 unspecified atom stereocenters. The summed E-state index contributed by atoms with van der Waals surface area (Å²) in [7, 11) is 0. The highest BCUT2D eigenvalue weighted by atomic mass is 35.5. The van der Waals surface area contributed by atoms with Gasteiger partial charge in [0.25, 0.3) is 0 Å². The summed E-state index contributed by atoms with van der Waals surface area (Å²) in [5, 5.41) is -0.530. The van der Waals surface area contributed by atoms with Crippen LogP contribution in [0.25, 0.3) is 0 Å². The second-order valence-corrected chi connectivity index (χ2v) is 6.35. The van der Waals surface area contributed by atoms with Crippen molar-refractivity contribution in [2.75, 3.05) is 13.2 Å². The average Bonchev–Trinajstić information content (AvgIpc) is 2.56. The van der Waals surface area contributed by atoms with E-state index in [1.807, 2.05) is 0 Å². The maximum atomic E-state index is 11.7. The Labute approximate surface area is 170 Å². The van der Waals surface area contributed by atoms with E-state index in [0.717, 1.165) is 0 Å². The lowest BCUT2D eigenvalue weighted by Gasteiger charge is -2.13. The first-order chi connectivity index (χ1) is 12.4. The molecule has 0 rings (SSSR count). The fourth-order valence-electron chi connectivity index (χ4n) is 1.22. The van der Waals surface area contributed by atoms with Crippen LogP contribution in [-0.4, -0.2) is 49.3 Å². The first kappa shape index (κ1) is 25.0. The second-order valence-electron chi connectivity index (χ2n) is 4.87. The molecule has 0 aromatic carbocycles. The van der Waals surface area contributed by atoms with Gasteiger partial charge in [0.2, 0.25) is 0 Å². The van der Waals surface area contributed by atoms with E-state index in [1.54, 1.807) is 0 Å². The van der Waals surface area contributed by atoms with Crippen LogP contribution in [0.1, 0.15) is 13.8 Å². The molecule has 0 saturated carbocycles. The number of hydrogen-bond acceptors (Lipinski definition) is 8. The molecule has 27 heavy (non-hydrogen) atoms. The third-order valence-electron chi connectivity index (χ3n) is 2.42. The molecule has 0 saturated heterocycles. The van der Waals surface area contributed by atoms with Gasteiger partial charge in [-0.15, -0.1) is 0 Å². The number of carbonyl (C=O) groups is 4. The molecule has 0 N–H and O–H groups in total. The standard InChI is InChI=1S/C16H17Cl3O8/c1-8(17)6-24-14(21)10(3)26-13(20)5-12(19)16(23)27-11(4)15(22)25-7-9(2)18/h5,10-11H,1-2,6-7H2,3-4H3/b12-5-. The summed E-state index contributed by atoms with van der Waals surface area (Å²) in [5.41, 5.74) is 0. The molecule has 0 aromatic rings. The Morgan fingerprint density at radius 1 is 0.852 bits per heavy atom. The Balaban J connectivity index is 4.59. The van der Waals surface area contributed by atoms with Gasteiger partial charge in [0.1, 0.15) is 18.2 Å². The minimum absolute atomic E-state index is 0.0746. The monoisotopic (exact) mass is 442 g/mol. The zero-order chi connectivity index (χ0) is 21.1. The molecular formula is C16H17Cl3O8. The molecule has 0 fully saturated rings. The molecule has 150 valence electrons. The highest BCUT2D eigenvalue weighted by Gasteiger charge is 2.23. The molecule has 0 bridgehead atoms. The third kappa shape index (κ3) is 11.3. The lowest BCUT2D eigenvalue weighted by Crippen LogP contribution is -2.27. The van der Waals surface area contributed by atoms with Crippen LogP contribution >= 0.6 is 34.8 Å². The molecule has 0 radical (unpaired) electrons. The quantitative estimate of drug-likeness (QED) is 0.288. The fourth-order valence-corrected chi connectivity index (χ4v) is 1.46. The Bertz CT molecular complexity index is 656. The summed E-state index contributed by atoms with van der Waals surface area (Å²) in [6, 6.07) is 0. The molecule has 2 atom stereocenters. The predicted octanol–water partition coefficient (Wildman–Crippen LogP) is 2.56. The molecule has 0 aliphatic heterocycles. The van der Waals surface area contributed by atoms with Gasteiger partial charge >= 0.3 is 23.9 Å². The first-order valence-electron chi connectivity index (χ1n) is 7.22. The van der Waals surface area contributed by atoms with E-state index in [0.29, 0.717) is 6.08 Å². The van der Waals surface area contributed by atoms with E-state index in [4.69, 9.17) is 44.3 Å². The number of rotatable bonds is 10. The van der Waals surface area contributed by atoms with E-state index < -0.39 is 41.1 Å². The van der Waals surface area contributed by atoms with Crippen LogP contribution in [0.4, 0.5) is 0 Å². The molecule has 8 nitrogen and oxygen atoms in total. The van der Waals surface area contributed by atoms with Gasteiger partial charge in [-0.1, -0.05) is 48.0 Å². The van der Waals surface area contributed by atoms with Crippen molar-refractivity contribution in [3.05, 3.63) is 34.3 Å². The maximum Gasteiger partial charge on any atom is 0.350 e. The van der Waals surface area contributed by atoms with E-state index in [-0.39, 0.29) is 23.3 Å².